The Labute approximate surface area is 206 Å². The van der Waals surface area contributed by atoms with Gasteiger partial charge in [0.2, 0.25) is 5.91 Å². The number of carbonyl (C=O) groups excluding carboxylic acids is 1. The molecule has 35 heavy (non-hydrogen) atoms. The summed E-state index contributed by atoms with van der Waals surface area (Å²) in [4.78, 5) is 31.1. The summed E-state index contributed by atoms with van der Waals surface area (Å²) in [6, 6.07) is 10.9. The van der Waals surface area contributed by atoms with Gasteiger partial charge in [-0.25, -0.2) is 0 Å². The van der Waals surface area contributed by atoms with E-state index in [0.29, 0.717) is 24.4 Å². The van der Waals surface area contributed by atoms with E-state index in [1.165, 1.54) is 19.3 Å². The molecule has 8 heteroatoms. The SMILES string of the molecule is COc1cccc(-c2ccc3n(c2=O)C[C@H]2[C@H](CO)[C@@H](C(=O)NCCN4CCCCC4)N(C)[C@@H]32)c1. The molecule has 2 aromatic rings. The normalized spacial score (nSPS) is 26.4. The predicted octanol–water partition coefficient (Wildman–Crippen LogP) is 1.72. The van der Waals surface area contributed by atoms with Crippen LogP contribution in [0.15, 0.2) is 41.2 Å². The van der Waals surface area contributed by atoms with Crippen molar-refractivity contribution in [3.05, 3.63) is 52.4 Å². The Bertz CT molecular complexity index is 1130. The highest BCUT2D eigenvalue weighted by molar-refractivity contribution is 5.82. The summed E-state index contributed by atoms with van der Waals surface area (Å²) in [5.74, 6) is 0.467. The van der Waals surface area contributed by atoms with Crippen LogP contribution < -0.4 is 15.6 Å². The minimum Gasteiger partial charge on any atom is -0.497 e. The van der Waals surface area contributed by atoms with Crippen molar-refractivity contribution >= 4 is 5.91 Å². The number of carbonyl (C=O) groups is 1. The van der Waals surface area contributed by atoms with Crippen molar-refractivity contribution < 1.29 is 14.6 Å². The number of hydrogen-bond donors (Lipinski definition) is 2. The van der Waals surface area contributed by atoms with Crippen molar-refractivity contribution in [2.75, 3.05) is 46.9 Å². The van der Waals surface area contributed by atoms with Gasteiger partial charge in [0.1, 0.15) is 5.75 Å². The van der Waals surface area contributed by atoms with Crippen molar-refractivity contribution in [3.63, 3.8) is 0 Å². The van der Waals surface area contributed by atoms with E-state index in [9.17, 15) is 14.7 Å². The maximum absolute atomic E-state index is 13.5. The molecule has 1 aromatic heterocycles. The lowest BCUT2D eigenvalue weighted by molar-refractivity contribution is -0.127. The van der Waals surface area contributed by atoms with E-state index in [1.807, 2.05) is 48.0 Å². The molecule has 4 heterocycles. The smallest absolute Gasteiger partial charge is 0.258 e. The van der Waals surface area contributed by atoms with Gasteiger partial charge in [0, 0.05) is 49.3 Å². The van der Waals surface area contributed by atoms with Crippen LogP contribution in [0.25, 0.3) is 11.1 Å². The van der Waals surface area contributed by atoms with Gasteiger partial charge >= 0.3 is 0 Å². The second kappa shape index (κ2) is 10.1. The third-order valence-corrected chi connectivity index (χ3v) is 8.18. The number of aliphatic hydroxyl groups is 1. The number of ether oxygens (including phenoxy) is 1. The molecule has 5 rings (SSSR count). The summed E-state index contributed by atoms with van der Waals surface area (Å²) >= 11 is 0. The number of rotatable bonds is 7. The Morgan fingerprint density at radius 1 is 1.17 bits per heavy atom. The summed E-state index contributed by atoms with van der Waals surface area (Å²) in [5.41, 5.74) is 2.32. The molecule has 0 saturated carbocycles. The fraction of sp³-hybridized carbons (Fsp3) is 0.556. The van der Waals surface area contributed by atoms with E-state index in [4.69, 9.17) is 4.74 Å². The molecule has 2 N–H and O–H groups in total. The van der Waals surface area contributed by atoms with Crippen LogP contribution >= 0.6 is 0 Å². The topological polar surface area (TPSA) is 87.0 Å². The molecule has 0 bridgehead atoms. The number of aliphatic hydroxyl groups excluding tert-OH is 1. The molecule has 0 radical (unpaired) electrons. The molecule has 4 atom stereocenters. The average molecular weight is 481 g/mol. The van der Waals surface area contributed by atoms with Gasteiger partial charge in [-0.2, -0.15) is 0 Å². The van der Waals surface area contributed by atoms with Crippen LogP contribution in [0, 0.1) is 11.8 Å². The fourth-order valence-corrected chi connectivity index (χ4v) is 6.41. The van der Waals surface area contributed by atoms with E-state index in [-0.39, 0.29) is 36.0 Å². The van der Waals surface area contributed by atoms with Crippen LogP contribution in [-0.2, 0) is 11.3 Å². The van der Waals surface area contributed by atoms with Gasteiger partial charge in [-0.05, 0) is 62.8 Å². The molecule has 0 aliphatic carbocycles. The van der Waals surface area contributed by atoms with Crippen LogP contribution in [0.2, 0.25) is 0 Å². The summed E-state index contributed by atoms with van der Waals surface area (Å²) in [5, 5.41) is 13.4. The highest BCUT2D eigenvalue weighted by Gasteiger charge is 2.54. The molecule has 1 amide bonds. The first kappa shape index (κ1) is 24.0. The van der Waals surface area contributed by atoms with Crippen LogP contribution in [0.4, 0.5) is 0 Å². The van der Waals surface area contributed by atoms with Crippen molar-refractivity contribution in [1.29, 1.82) is 0 Å². The maximum atomic E-state index is 13.5. The summed E-state index contributed by atoms with van der Waals surface area (Å²) in [6.45, 7) is 4.11. The standard InChI is InChI=1S/C27H36N4O4/c1-29-24-21(22(17-32)25(29)26(33)28-11-14-30-12-4-3-5-13-30)16-31-23(24)10-9-20(27(31)34)18-7-6-8-19(15-18)35-2/h6-10,15,21-22,24-25,32H,3-5,11-14,16-17H2,1-2H3,(H,28,33)/t21-,22-,24+,25-/m0/s1. The molecule has 188 valence electrons. The van der Waals surface area contributed by atoms with Gasteiger partial charge in [-0.1, -0.05) is 18.6 Å². The zero-order valence-corrected chi connectivity index (χ0v) is 20.7. The van der Waals surface area contributed by atoms with E-state index >= 15 is 0 Å². The Morgan fingerprint density at radius 3 is 2.71 bits per heavy atom. The second-order valence-corrected chi connectivity index (χ2v) is 10.1. The minimum atomic E-state index is -0.404. The van der Waals surface area contributed by atoms with E-state index in [2.05, 4.69) is 15.1 Å². The van der Waals surface area contributed by atoms with E-state index in [0.717, 1.165) is 30.9 Å². The van der Waals surface area contributed by atoms with Crippen molar-refractivity contribution in [3.8, 4) is 16.9 Å². The molecular formula is C27H36N4O4. The lowest BCUT2D eigenvalue weighted by Gasteiger charge is -2.29. The first-order valence-electron chi connectivity index (χ1n) is 12.7. The molecule has 2 saturated heterocycles. The fourth-order valence-electron chi connectivity index (χ4n) is 6.41. The zero-order chi connectivity index (χ0) is 24.5. The first-order chi connectivity index (χ1) is 17.0. The van der Waals surface area contributed by atoms with Crippen LogP contribution in [0.3, 0.4) is 0 Å². The maximum Gasteiger partial charge on any atom is 0.258 e. The van der Waals surface area contributed by atoms with E-state index < -0.39 is 6.04 Å². The van der Waals surface area contributed by atoms with Gasteiger partial charge in [-0.3, -0.25) is 14.5 Å². The lowest BCUT2D eigenvalue weighted by Crippen LogP contribution is -2.48. The molecule has 0 unspecified atom stereocenters. The first-order valence-corrected chi connectivity index (χ1v) is 12.7. The number of nitrogens with one attached hydrogen (secondary N) is 1. The second-order valence-electron chi connectivity index (χ2n) is 10.1. The molecular weight excluding hydrogens is 444 g/mol. The highest BCUT2D eigenvalue weighted by atomic mass is 16.5. The number of likely N-dealkylation sites (tertiary alicyclic amines) is 2. The molecule has 3 aliphatic heterocycles. The third kappa shape index (κ3) is 4.39. The number of likely N-dealkylation sites (N-methyl/N-ethyl adjacent to an activating group) is 1. The number of hydrogen-bond acceptors (Lipinski definition) is 6. The number of methoxy groups -OCH3 is 1. The highest BCUT2D eigenvalue weighted by Crippen LogP contribution is 2.48. The predicted molar refractivity (Wildman–Crippen MR) is 134 cm³/mol. The lowest BCUT2D eigenvalue weighted by atomic mass is 9.88. The number of piperidine rings is 1. The summed E-state index contributed by atoms with van der Waals surface area (Å²) in [7, 11) is 3.55. The third-order valence-electron chi connectivity index (χ3n) is 8.18. The molecule has 0 spiro atoms. The number of aromatic nitrogens is 1. The monoisotopic (exact) mass is 480 g/mol. The largest absolute Gasteiger partial charge is 0.497 e. The number of nitrogens with zero attached hydrogens (tertiary/aromatic N) is 3. The van der Waals surface area contributed by atoms with Crippen molar-refractivity contribution in [2.45, 2.75) is 37.9 Å². The van der Waals surface area contributed by atoms with Gasteiger partial charge in [0.05, 0.1) is 19.2 Å². The van der Waals surface area contributed by atoms with Crippen LogP contribution in [-0.4, -0.2) is 78.4 Å². The average Bonchev–Trinajstić information content (AvgIpc) is 3.40. The van der Waals surface area contributed by atoms with Gasteiger partial charge in [0.25, 0.3) is 5.56 Å². The quantitative estimate of drug-likeness (QED) is 0.628. The van der Waals surface area contributed by atoms with E-state index in [1.54, 1.807) is 7.11 Å². The van der Waals surface area contributed by atoms with Gasteiger partial charge in [0.15, 0.2) is 0 Å². The van der Waals surface area contributed by atoms with Crippen molar-refractivity contribution in [1.82, 2.24) is 19.7 Å². The molecule has 2 fully saturated rings. The van der Waals surface area contributed by atoms with Crippen molar-refractivity contribution in [2.24, 2.45) is 11.8 Å². The number of amides is 1. The van der Waals surface area contributed by atoms with Crippen LogP contribution in [0.1, 0.15) is 31.0 Å². The molecule has 1 aromatic carbocycles. The molecule has 8 nitrogen and oxygen atoms in total. The Balaban J connectivity index is 1.34. The van der Waals surface area contributed by atoms with Gasteiger partial charge < -0.3 is 24.6 Å². The Hall–Kier alpha value is -2.68. The molecule has 3 aliphatic rings. The summed E-state index contributed by atoms with van der Waals surface area (Å²) in [6.07, 6.45) is 3.75. The Kier molecular flexibility index (Phi) is 6.95. The van der Waals surface area contributed by atoms with Gasteiger partial charge in [-0.15, -0.1) is 0 Å². The minimum absolute atomic E-state index is 0.0103. The Morgan fingerprint density at radius 2 is 1.97 bits per heavy atom. The summed E-state index contributed by atoms with van der Waals surface area (Å²) < 4.78 is 7.15. The van der Waals surface area contributed by atoms with Crippen LogP contribution in [0.5, 0.6) is 5.75 Å². The number of pyridine rings is 1. The zero-order valence-electron chi connectivity index (χ0n) is 20.7. The number of benzene rings is 1. The number of fused-ring (bicyclic) bond motifs is 3.